The van der Waals surface area contributed by atoms with Gasteiger partial charge in [-0.1, -0.05) is 41.6 Å². The molecule has 1 N–H and O–H groups in total. The van der Waals surface area contributed by atoms with E-state index in [0.29, 0.717) is 21.8 Å². The number of hydrogen-bond acceptors (Lipinski definition) is 5. The molecular weight excluding hydrogens is 384 g/mol. The maximum absolute atomic E-state index is 12.3. The van der Waals surface area contributed by atoms with Crippen molar-refractivity contribution >= 4 is 35.0 Å². The van der Waals surface area contributed by atoms with Crippen molar-refractivity contribution in [1.29, 1.82) is 0 Å². The van der Waals surface area contributed by atoms with Gasteiger partial charge < -0.3 is 14.6 Å². The maximum atomic E-state index is 12.3. The van der Waals surface area contributed by atoms with Gasteiger partial charge in [0, 0.05) is 17.8 Å². The molecule has 1 aromatic heterocycles. The van der Waals surface area contributed by atoms with Gasteiger partial charge in [0.25, 0.3) is 0 Å². The highest BCUT2D eigenvalue weighted by Gasteiger charge is 2.19. The summed E-state index contributed by atoms with van der Waals surface area (Å²) in [7, 11) is 1.85. The zero-order valence-corrected chi connectivity index (χ0v) is 16.5. The summed E-state index contributed by atoms with van der Waals surface area (Å²) in [4.78, 5) is 12.3. The molecule has 0 fully saturated rings. The Morgan fingerprint density at radius 1 is 1.19 bits per heavy atom. The first-order chi connectivity index (χ1) is 13.0. The third-order valence-electron chi connectivity index (χ3n) is 3.80. The minimum atomic E-state index is -0.321. The van der Waals surface area contributed by atoms with Crippen molar-refractivity contribution in [3.05, 3.63) is 65.4 Å². The molecule has 0 saturated heterocycles. The molecule has 0 radical (unpaired) electrons. The van der Waals surface area contributed by atoms with Gasteiger partial charge in [-0.15, -0.1) is 10.2 Å². The second kappa shape index (κ2) is 8.92. The Morgan fingerprint density at radius 2 is 1.89 bits per heavy atom. The zero-order chi connectivity index (χ0) is 19.2. The molecule has 140 valence electrons. The van der Waals surface area contributed by atoms with Crippen LogP contribution in [0.4, 0.5) is 5.69 Å². The topological polar surface area (TPSA) is 69.0 Å². The fourth-order valence-electron chi connectivity index (χ4n) is 2.23. The molecule has 0 spiro atoms. The summed E-state index contributed by atoms with van der Waals surface area (Å²) in [6, 6.07) is 16.5. The fourth-order valence-corrected chi connectivity index (χ4v) is 3.19. The molecular formula is C19H19ClN4O2S. The summed E-state index contributed by atoms with van der Waals surface area (Å²) in [5.74, 6) is 1.28. The van der Waals surface area contributed by atoms with Crippen LogP contribution < -0.4 is 10.1 Å². The van der Waals surface area contributed by atoms with E-state index in [1.165, 1.54) is 11.8 Å². The van der Waals surface area contributed by atoms with Crippen LogP contribution in [0.3, 0.4) is 0 Å². The minimum Gasteiger partial charge on any atom is -0.486 e. The smallest absolute Gasteiger partial charge is 0.237 e. The molecule has 8 heteroatoms. The normalized spacial score (nSPS) is 11.8. The summed E-state index contributed by atoms with van der Waals surface area (Å²) in [6.07, 6.45) is 0. The Hall–Kier alpha value is -2.51. The zero-order valence-electron chi connectivity index (χ0n) is 14.9. The first-order valence-corrected chi connectivity index (χ1v) is 9.58. The lowest BCUT2D eigenvalue weighted by atomic mass is 10.3. The van der Waals surface area contributed by atoms with Crippen LogP contribution in [0.25, 0.3) is 0 Å². The Balaban J connectivity index is 1.57. The minimum absolute atomic E-state index is 0.0897. The molecule has 0 unspecified atom stereocenters. The monoisotopic (exact) mass is 402 g/mol. The molecule has 6 nitrogen and oxygen atoms in total. The van der Waals surface area contributed by atoms with E-state index in [4.69, 9.17) is 16.3 Å². The number of benzene rings is 2. The number of rotatable bonds is 7. The van der Waals surface area contributed by atoms with Crippen molar-refractivity contribution in [2.24, 2.45) is 7.05 Å². The molecule has 0 aliphatic carbocycles. The predicted octanol–water partition coefficient (Wildman–Crippen LogP) is 4.17. The molecule has 0 aliphatic rings. The second-order valence-electron chi connectivity index (χ2n) is 5.82. The maximum Gasteiger partial charge on any atom is 0.237 e. The molecule has 1 atom stereocenters. The van der Waals surface area contributed by atoms with Crippen LogP contribution in [0.1, 0.15) is 12.7 Å². The molecule has 2 aromatic carbocycles. The van der Waals surface area contributed by atoms with Gasteiger partial charge in [-0.3, -0.25) is 4.79 Å². The number of nitrogens with zero attached hydrogens (tertiary/aromatic N) is 3. The highest BCUT2D eigenvalue weighted by atomic mass is 35.5. The van der Waals surface area contributed by atoms with Crippen LogP contribution in [0, 0.1) is 0 Å². The number of amides is 1. The number of aromatic nitrogens is 3. The number of hydrogen-bond donors (Lipinski definition) is 1. The number of para-hydroxylation sites is 1. The van der Waals surface area contributed by atoms with Gasteiger partial charge in [-0.2, -0.15) is 0 Å². The van der Waals surface area contributed by atoms with E-state index < -0.39 is 0 Å². The number of anilines is 1. The molecule has 0 bridgehead atoms. The SMILES string of the molecule is C[C@@H](Sc1nnc(COc2ccc(Cl)cc2)n1C)C(=O)Nc1ccccc1. The van der Waals surface area contributed by atoms with Gasteiger partial charge >= 0.3 is 0 Å². The van der Waals surface area contributed by atoms with Crippen LogP contribution in [0.5, 0.6) is 5.75 Å². The molecule has 3 aromatic rings. The van der Waals surface area contributed by atoms with E-state index in [1.54, 1.807) is 24.3 Å². The van der Waals surface area contributed by atoms with E-state index in [9.17, 15) is 4.79 Å². The number of halogens is 1. The van der Waals surface area contributed by atoms with Gasteiger partial charge in [-0.05, 0) is 43.3 Å². The van der Waals surface area contributed by atoms with E-state index in [-0.39, 0.29) is 17.8 Å². The van der Waals surface area contributed by atoms with Crippen LogP contribution in [-0.4, -0.2) is 25.9 Å². The van der Waals surface area contributed by atoms with Crippen molar-refractivity contribution < 1.29 is 9.53 Å². The highest BCUT2D eigenvalue weighted by molar-refractivity contribution is 8.00. The van der Waals surface area contributed by atoms with Crippen LogP contribution in [0.2, 0.25) is 5.02 Å². The summed E-state index contributed by atoms with van der Waals surface area (Å²) in [5, 5.41) is 12.2. The largest absolute Gasteiger partial charge is 0.486 e. The van der Waals surface area contributed by atoms with Crippen LogP contribution in [0.15, 0.2) is 59.8 Å². The van der Waals surface area contributed by atoms with Crippen molar-refractivity contribution in [2.45, 2.75) is 23.9 Å². The van der Waals surface area contributed by atoms with E-state index in [2.05, 4.69) is 15.5 Å². The van der Waals surface area contributed by atoms with Crippen molar-refractivity contribution in [2.75, 3.05) is 5.32 Å². The first-order valence-electron chi connectivity index (χ1n) is 8.32. The Kier molecular flexibility index (Phi) is 6.36. The van der Waals surface area contributed by atoms with Crippen LogP contribution in [-0.2, 0) is 18.4 Å². The third kappa shape index (κ3) is 5.24. The van der Waals surface area contributed by atoms with E-state index >= 15 is 0 Å². The average molecular weight is 403 g/mol. The quantitative estimate of drug-likeness (QED) is 0.601. The number of carbonyl (C=O) groups is 1. The predicted molar refractivity (Wildman–Crippen MR) is 107 cm³/mol. The highest BCUT2D eigenvalue weighted by Crippen LogP contribution is 2.23. The van der Waals surface area contributed by atoms with E-state index in [0.717, 1.165) is 5.69 Å². The molecule has 1 heterocycles. The number of ether oxygens (including phenoxy) is 1. The summed E-state index contributed by atoms with van der Waals surface area (Å²) in [6.45, 7) is 2.11. The van der Waals surface area contributed by atoms with Gasteiger partial charge in [0.1, 0.15) is 12.4 Å². The third-order valence-corrected chi connectivity index (χ3v) is 5.19. The van der Waals surface area contributed by atoms with E-state index in [1.807, 2.05) is 48.9 Å². The first kappa shape index (κ1) is 19.3. The Morgan fingerprint density at radius 3 is 2.59 bits per heavy atom. The van der Waals surface area contributed by atoms with Gasteiger partial charge in [-0.25, -0.2) is 0 Å². The van der Waals surface area contributed by atoms with Gasteiger partial charge in [0.15, 0.2) is 11.0 Å². The fraction of sp³-hybridized carbons (Fsp3) is 0.211. The molecule has 27 heavy (non-hydrogen) atoms. The molecule has 1 amide bonds. The number of thioether (sulfide) groups is 1. The van der Waals surface area contributed by atoms with Crippen LogP contribution >= 0.6 is 23.4 Å². The lowest BCUT2D eigenvalue weighted by Crippen LogP contribution is -2.22. The molecule has 0 saturated carbocycles. The molecule has 0 aliphatic heterocycles. The van der Waals surface area contributed by atoms with Crippen molar-refractivity contribution in [3.63, 3.8) is 0 Å². The second-order valence-corrected chi connectivity index (χ2v) is 7.56. The molecule has 3 rings (SSSR count). The number of nitrogens with one attached hydrogen (secondary N) is 1. The summed E-state index contributed by atoms with van der Waals surface area (Å²) in [5.41, 5.74) is 0.768. The standard InChI is InChI=1S/C19H19ClN4O2S/c1-13(18(25)21-15-6-4-3-5-7-15)27-19-23-22-17(24(19)2)12-26-16-10-8-14(20)9-11-16/h3-11,13H,12H2,1-2H3,(H,21,25)/t13-/m1/s1. The van der Waals surface area contributed by atoms with Gasteiger partial charge in [0.2, 0.25) is 5.91 Å². The number of carbonyl (C=O) groups excluding carboxylic acids is 1. The Labute approximate surface area is 166 Å². The summed E-state index contributed by atoms with van der Waals surface area (Å²) >= 11 is 7.21. The lowest BCUT2D eigenvalue weighted by Gasteiger charge is -2.11. The van der Waals surface area contributed by atoms with Gasteiger partial charge in [0.05, 0.1) is 5.25 Å². The van der Waals surface area contributed by atoms with Crippen molar-refractivity contribution in [1.82, 2.24) is 14.8 Å². The Bertz CT molecular complexity index is 900. The van der Waals surface area contributed by atoms with Crippen molar-refractivity contribution in [3.8, 4) is 5.75 Å². The summed E-state index contributed by atoms with van der Waals surface area (Å²) < 4.78 is 7.53. The average Bonchev–Trinajstić information content (AvgIpc) is 3.02. The lowest BCUT2D eigenvalue weighted by molar-refractivity contribution is -0.115.